The maximum atomic E-state index is 12.7. The Hall–Kier alpha value is -4.71. The summed E-state index contributed by atoms with van der Waals surface area (Å²) in [5, 5.41) is 10.8. The molecule has 6 nitrogen and oxygen atoms in total. The summed E-state index contributed by atoms with van der Waals surface area (Å²) in [6, 6.07) is 27.3. The average Bonchev–Trinajstić information content (AvgIpc) is 2.87. The van der Waals surface area contributed by atoms with E-state index in [1.807, 2.05) is 90.7 Å². The van der Waals surface area contributed by atoms with Gasteiger partial charge in [0.15, 0.2) is 12.4 Å². The molecule has 1 amide bonds. The Labute approximate surface area is 204 Å². The minimum atomic E-state index is -0.155. The number of amides is 1. The first-order valence-electron chi connectivity index (χ1n) is 11.4. The van der Waals surface area contributed by atoms with Gasteiger partial charge in [-0.3, -0.25) is 9.78 Å². The van der Waals surface area contributed by atoms with Gasteiger partial charge in [-0.25, -0.2) is 4.57 Å². The monoisotopic (exact) mass is 460 g/mol. The first-order chi connectivity index (χ1) is 17.0. The fraction of sp³-hybridized carbons (Fsp3) is 0.0690. The zero-order chi connectivity index (χ0) is 24.2. The highest BCUT2D eigenvalue weighted by Crippen LogP contribution is 2.26. The van der Waals surface area contributed by atoms with Gasteiger partial charge in [-0.1, -0.05) is 12.1 Å². The Balaban J connectivity index is 1.23. The summed E-state index contributed by atoms with van der Waals surface area (Å²) in [7, 11) is 1.98. The van der Waals surface area contributed by atoms with Gasteiger partial charge in [0.25, 0.3) is 5.91 Å². The number of fused-ring (bicyclic) bond motifs is 1. The first-order valence-corrected chi connectivity index (χ1v) is 11.4. The fourth-order valence-electron chi connectivity index (χ4n) is 3.82. The van der Waals surface area contributed by atoms with Crippen molar-refractivity contribution < 1.29 is 9.36 Å². The van der Waals surface area contributed by atoms with Crippen LogP contribution in [0.4, 0.5) is 28.4 Å². The number of aromatic nitrogens is 2. The molecule has 5 rings (SSSR count). The number of nitrogens with one attached hydrogen (secondary N) is 3. The van der Waals surface area contributed by atoms with Crippen LogP contribution < -0.4 is 20.5 Å². The summed E-state index contributed by atoms with van der Waals surface area (Å²) in [4.78, 5) is 17.2. The zero-order valence-corrected chi connectivity index (χ0v) is 19.6. The topological polar surface area (TPSA) is 69.9 Å². The highest BCUT2D eigenvalue weighted by atomic mass is 16.1. The third kappa shape index (κ3) is 5.28. The summed E-state index contributed by atoms with van der Waals surface area (Å²) in [6.07, 6.45) is 5.77. The van der Waals surface area contributed by atoms with Crippen LogP contribution in [0.25, 0.3) is 10.9 Å². The van der Waals surface area contributed by atoms with Crippen molar-refractivity contribution in [2.45, 2.75) is 6.92 Å². The molecule has 6 heteroatoms. The Bertz CT molecular complexity index is 1480. The molecule has 0 fully saturated rings. The van der Waals surface area contributed by atoms with E-state index in [9.17, 15) is 4.79 Å². The van der Waals surface area contributed by atoms with Crippen LogP contribution in [0.1, 0.15) is 15.9 Å². The number of aryl methyl sites for hydroxylation is 2. The highest BCUT2D eigenvalue weighted by molar-refractivity contribution is 6.04. The van der Waals surface area contributed by atoms with Crippen molar-refractivity contribution in [2.24, 2.45) is 7.05 Å². The van der Waals surface area contributed by atoms with E-state index in [1.165, 1.54) is 5.56 Å². The Morgan fingerprint density at radius 3 is 2.11 bits per heavy atom. The molecule has 0 saturated heterocycles. The maximum Gasteiger partial charge on any atom is 0.255 e. The summed E-state index contributed by atoms with van der Waals surface area (Å²) >= 11 is 0. The largest absolute Gasteiger partial charge is 0.355 e. The lowest BCUT2D eigenvalue weighted by atomic mass is 10.1. The first kappa shape index (κ1) is 22.1. The van der Waals surface area contributed by atoms with Crippen molar-refractivity contribution >= 4 is 45.2 Å². The molecule has 0 aliphatic carbocycles. The van der Waals surface area contributed by atoms with E-state index < -0.39 is 0 Å². The Kier molecular flexibility index (Phi) is 6.09. The highest BCUT2D eigenvalue weighted by Gasteiger charge is 2.08. The molecule has 2 aromatic heterocycles. The molecule has 35 heavy (non-hydrogen) atoms. The van der Waals surface area contributed by atoms with Crippen LogP contribution in [0.2, 0.25) is 0 Å². The zero-order valence-electron chi connectivity index (χ0n) is 19.6. The van der Waals surface area contributed by atoms with Crippen molar-refractivity contribution in [1.29, 1.82) is 0 Å². The number of rotatable bonds is 6. The van der Waals surface area contributed by atoms with Gasteiger partial charge in [-0.15, -0.1) is 0 Å². The van der Waals surface area contributed by atoms with Crippen molar-refractivity contribution in [1.82, 2.24) is 4.98 Å². The molecule has 0 radical (unpaired) electrons. The van der Waals surface area contributed by atoms with E-state index in [0.717, 1.165) is 39.3 Å². The van der Waals surface area contributed by atoms with Gasteiger partial charge in [0.05, 0.1) is 11.2 Å². The molecule has 0 spiro atoms. The maximum absolute atomic E-state index is 12.7. The van der Waals surface area contributed by atoms with E-state index in [1.54, 1.807) is 6.20 Å². The van der Waals surface area contributed by atoms with Gasteiger partial charge in [-0.05, 0) is 73.2 Å². The summed E-state index contributed by atoms with van der Waals surface area (Å²) < 4.78 is 1.98. The fourth-order valence-corrected chi connectivity index (χ4v) is 3.82. The number of carbonyl (C=O) groups is 1. The van der Waals surface area contributed by atoms with Crippen LogP contribution in [-0.4, -0.2) is 10.9 Å². The molecular formula is C29H26N5O+. The molecule has 0 aliphatic heterocycles. The minimum Gasteiger partial charge on any atom is -0.355 e. The molecule has 0 atom stereocenters. The number of anilines is 5. The molecule has 0 unspecified atom stereocenters. The second-order valence-corrected chi connectivity index (χ2v) is 8.49. The molecule has 3 aromatic carbocycles. The third-order valence-electron chi connectivity index (χ3n) is 5.73. The summed E-state index contributed by atoms with van der Waals surface area (Å²) in [5.41, 5.74) is 7.28. The van der Waals surface area contributed by atoms with E-state index in [2.05, 4.69) is 46.1 Å². The van der Waals surface area contributed by atoms with Gasteiger partial charge in [0.2, 0.25) is 0 Å². The van der Waals surface area contributed by atoms with Crippen molar-refractivity contribution in [3.8, 4) is 0 Å². The molecule has 0 saturated carbocycles. The van der Waals surface area contributed by atoms with E-state index in [0.29, 0.717) is 5.56 Å². The molecule has 172 valence electrons. The van der Waals surface area contributed by atoms with Crippen LogP contribution in [0.5, 0.6) is 0 Å². The second-order valence-electron chi connectivity index (χ2n) is 8.49. The smallest absolute Gasteiger partial charge is 0.255 e. The van der Waals surface area contributed by atoms with Gasteiger partial charge in [0, 0.05) is 52.0 Å². The quantitative estimate of drug-likeness (QED) is 0.268. The average molecular weight is 461 g/mol. The van der Waals surface area contributed by atoms with E-state index >= 15 is 0 Å². The summed E-state index contributed by atoms with van der Waals surface area (Å²) in [5.74, 6) is -0.155. The lowest BCUT2D eigenvalue weighted by Gasteiger charge is -2.11. The normalized spacial score (nSPS) is 10.7. The predicted octanol–water partition coefficient (Wildman–Crippen LogP) is 6.11. The number of hydrogen-bond acceptors (Lipinski definition) is 4. The second kappa shape index (κ2) is 9.65. The number of nitrogens with zero attached hydrogens (tertiary/aromatic N) is 2. The summed E-state index contributed by atoms with van der Waals surface area (Å²) in [6.45, 7) is 2.06. The lowest BCUT2D eigenvalue weighted by Crippen LogP contribution is -2.25. The van der Waals surface area contributed by atoms with Gasteiger partial charge >= 0.3 is 0 Å². The van der Waals surface area contributed by atoms with Crippen molar-refractivity contribution in [2.75, 3.05) is 16.0 Å². The van der Waals surface area contributed by atoms with Crippen LogP contribution in [0.15, 0.2) is 104 Å². The molecular weight excluding hydrogens is 434 g/mol. The van der Waals surface area contributed by atoms with Gasteiger partial charge < -0.3 is 16.0 Å². The number of pyridine rings is 2. The van der Waals surface area contributed by atoms with E-state index in [-0.39, 0.29) is 5.91 Å². The van der Waals surface area contributed by atoms with Gasteiger partial charge in [0.1, 0.15) is 7.05 Å². The minimum absolute atomic E-state index is 0.155. The molecule has 0 aliphatic rings. The SMILES string of the molecule is Cc1ccc2c(Nc3ccc(C(=O)Nc4ccc(Nc5cc[n+](C)cc5)cc4)cc3)ccnc2c1. The predicted molar refractivity (Wildman–Crippen MR) is 142 cm³/mol. The lowest BCUT2D eigenvalue weighted by molar-refractivity contribution is -0.671. The molecule has 2 heterocycles. The molecule has 5 aromatic rings. The van der Waals surface area contributed by atoms with E-state index in [4.69, 9.17) is 0 Å². The van der Waals surface area contributed by atoms with Crippen LogP contribution >= 0.6 is 0 Å². The number of benzene rings is 3. The molecule has 0 bridgehead atoms. The Morgan fingerprint density at radius 2 is 1.37 bits per heavy atom. The third-order valence-corrected chi connectivity index (χ3v) is 5.73. The number of hydrogen-bond donors (Lipinski definition) is 3. The van der Waals surface area contributed by atoms with Crippen LogP contribution in [0, 0.1) is 6.92 Å². The van der Waals surface area contributed by atoms with Crippen LogP contribution in [0.3, 0.4) is 0 Å². The van der Waals surface area contributed by atoms with Crippen molar-refractivity contribution in [3.63, 3.8) is 0 Å². The van der Waals surface area contributed by atoms with Crippen molar-refractivity contribution in [3.05, 3.63) is 115 Å². The standard InChI is InChI=1S/C29H25N5O/c1-20-3-12-26-27(13-16-30-28(26)19-20)32-23-6-4-21(5-7-23)29(35)33-24-10-8-22(9-11-24)31-25-14-17-34(2)18-15-25/h3-19H,1-2H3,(H2,30,32,33,35)/p+1. The molecule has 3 N–H and O–H groups in total. The Morgan fingerprint density at radius 1 is 0.743 bits per heavy atom. The number of carbonyl (C=O) groups excluding carboxylic acids is 1. The van der Waals surface area contributed by atoms with Crippen LogP contribution in [-0.2, 0) is 7.05 Å². The van der Waals surface area contributed by atoms with Gasteiger partial charge in [-0.2, -0.15) is 0 Å².